The summed E-state index contributed by atoms with van der Waals surface area (Å²) >= 11 is 5.45. The molecule has 1 aromatic rings. The molecular formula is C12H18BrNS. The Balaban J connectivity index is 2.16. The second-order valence-electron chi connectivity index (χ2n) is 4.37. The van der Waals surface area contributed by atoms with E-state index in [0.717, 1.165) is 17.9 Å². The fourth-order valence-corrected chi connectivity index (χ4v) is 4.57. The normalized spacial score (nSPS) is 30.3. The van der Waals surface area contributed by atoms with Crippen LogP contribution in [0.2, 0.25) is 0 Å². The zero-order valence-corrected chi connectivity index (χ0v) is 11.9. The van der Waals surface area contributed by atoms with Crippen molar-refractivity contribution < 1.29 is 0 Å². The third-order valence-corrected chi connectivity index (χ3v) is 5.28. The number of nitrogens with one attached hydrogen (secondary N) is 1. The van der Waals surface area contributed by atoms with Crippen LogP contribution < -0.4 is 5.32 Å². The van der Waals surface area contributed by atoms with E-state index in [4.69, 9.17) is 0 Å². The van der Waals surface area contributed by atoms with Gasteiger partial charge in [0.1, 0.15) is 0 Å². The SMILES string of the molecule is CCC1C(NC)CC1c1cc(Br)sc1C. The monoisotopic (exact) mass is 287 g/mol. The van der Waals surface area contributed by atoms with Crippen molar-refractivity contribution in [3.8, 4) is 0 Å². The smallest absolute Gasteiger partial charge is 0.0704 e. The molecule has 3 heteroatoms. The maximum absolute atomic E-state index is 3.58. The van der Waals surface area contributed by atoms with Gasteiger partial charge < -0.3 is 5.32 Å². The highest BCUT2D eigenvalue weighted by molar-refractivity contribution is 9.11. The van der Waals surface area contributed by atoms with Crippen molar-refractivity contribution in [2.45, 2.75) is 38.6 Å². The molecule has 84 valence electrons. The molecule has 1 aliphatic carbocycles. The highest BCUT2D eigenvalue weighted by Gasteiger charge is 2.40. The topological polar surface area (TPSA) is 12.0 Å². The minimum Gasteiger partial charge on any atom is -0.317 e. The Morgan fingerprint density at radius 3 is 2.80 bits per heavy atom. The van der Waals surface area contributed by atoms with Crippen molar-refractivity contribution in [2.75, 3.05) is 7.05 Å². The fraction of sp³-hybridized carbons (Fsp3) is 0.667. The summed E-state index contributed by atoms with van der Waals surface area (Å²) in [6.07, 6.45) is 2.59. The van der Waals surface area contributed by atoms with Crippen LogP contribution in [0.3, 0.4) is 0 Å². The Morgan fingerprint density at radius 1 is 1.60 bits per heavy atom. The van der Waals surface area contributed by atoms with Gasteiger partial charge in [-0.3, -0.25) is 0 Å². The zero-order chi connectivity index (χ0) is 11.0. The van der Waals surface area contributed by atoms with Gasteiger partial charge in [-0.05, 0) is 59.8 Å². The first-order valence-corrected chi connectivity index (χ1v) is 7.21. The van der Waals surface area contributed by atoms with E-state index in [1.165, 1.54) is 21.5 Å². The van der Waals surface area contributed by atoms with Crippen molar-refractivity contribution in [1.29, 1.82) is 0 Å². The molecule has 1 aromatic heterocycles. The first-order valence-electron chi connectivity index (χ1n) is 5.60. The Labute approximate surface area is 104 Å². The minimum atomic E-state index is 0.734. The van der Waals surface area contributed by atoms with Gasteiger partial charge in [0.2, 0.25) is 0 Å². The number of halogens is 1. The molecule has 3 unspecified atom stereocenters. The number of rotatable bonds is 3. The first kappa shape index (κ1) is 11.6. The van der Waals surface area contributed by atoms with Crippen LogP contribution in [-0.4, -0.2) is 13.1 Å². The maximum atomic E-state index is 3.58. The van der Waals surface area contributed by atoms with Crippen LogP contribution in [-0.2, 0) is 0 Å². The molecule has 0 radical (unpaired) electrons. The van der Waals surface area contributed by atoms with Gasteiger partial charge in [-0.15, -0.1) is 11.3 Å². The molecule has 2 rings (SSSR count). The standard InChI is InChI=1S/C12H18BrNS/c1-4-8-10(5-11(8)14-3)9-6-12(13)15-7(9)2/h6,8,10-11,14H,4-5H2,1-3H3. The van der Waals surface area contributed by atoms with Crippen LogP contribution in [0.25, 0.3) is 0 Å². The van der Waals surface area contributed by atoms with Gasteiger partial charge in [-0.2, -0.15) is 0 Å². The predicted molar refractivity (Wildman–Crippen MR) is 70.7 cm³/mol. The van der Waals surface area contributed by atoms with Crippen molar-refractivity contribution in [2.24, 2.45) is 5.92 Å². The van der Waals surface area contributed by atoms with E-state index in [1.54, 1.807) is 5.56 Å². The van der Waals surface area contributed by atoms with E-state index in [-0.39, 0.29) is 0 Å². The number of thiophene rings is 1. The van der Waals surface area contributed by atoms with Crippen LogP contribution in [0.1, 0.15) is 36.1 Å². The zero-order valence-electron chi connectivity index (χ0n) is 9.51. The highest BCUT2D eigenvalue weighted by Crippen LogP contribution is 2.47. The molecular weight excluding hydrogens is 270 g/mol. The Kier molecular flexibility index (Phi) is 3.53. The lowest BCUT2D eigenvalue weighted by atomic mass is 9.65. The Bertz CT molecular complexity index is 347. The van der Waals surface area contributed by atoms with E-state index in [1.807, 2.05) is 11.3 Å². The van der Waals surface area contributed by atoms with Crippen molar-refractivity contribution in [3.05, 3.63) is 20.3 Å². The van der Waals surface area contributed by atoms with Gasteiger partial charge in [0.05, 0.1) is 3.79 Å². The molecule has 3 atom stereocenters. The van der Waals surface area contributed by atoms with Crippen LogP contribution >= 0.6 is 27.3 Å². The average molecular weight is 288 g/mol. The predicted octanol–water partition coefficient (Wildman–Crippen LogP) is 3.92. The van der Waals surface area contributed by atoms with Gasteiger partial charge in [-0.25, -0.2) is 0 Å². The van der Waals surface area contributed by atoms with Crippen LogP contribution in [0.5, 0.6) is 0 Å². The molecule has 0 bridgehead atoms. The average Bonchev–Trinajstić information content (AvgIpc) is 2.45. The van der Waals surface area contributed by atoms with Gasteiger partial charge in [0.25, 0.3) is 0 Å². The maximum Gasteiger partial charge on any atom is 0.0704 e. The van der Waals surface area contributed by atoms with Crippen molar-refractivity contribution in [3.63, 3.8) is 0 Å². The van der Waals surface area contributed by atoms with Crippen molar-refractivity contribution >= 4 is 27.3 Å². The second kappa shape index (κ2) is 4.56. The number of aryl methyl sites for hydroxylation is 1. The third-order valence-electron chi connectivity index (χ3n) is 3.71. The van der Waals surface area contributed by atoms with Crippen LogP contribution in [0.15, 0.2) is 9.85 Å². The van der Waals surface area contributed by atoms with Gasteiger partial charge >= 0.3 is 0 Å². The molecule has 0 amide bonds. The fourth-order valence-electron chi connectivity index (χ4n) is 2.79. The molecule has 1 heterocycles. The molecule has 0 aromatic carbocycles. The number of hydrogen-bond donors (Lipinski definition) is 1. The summed E-state index contributed by atoms with van der Waals surface area (Å²) in [6, 6.07) is 3.05. The molecule has 1 fully saturated rings. The lowest BCUT2D eigenvalue weighted by Crippen LogP contribution is -2.47. The quantitative estimate of drug-likeness (QED) is 0.889. The van der Waals surface area contributed by atoms with Gasteiger partial charge in [0.15, 0.2) is 0 Å². The molecule has 1 saturated carbocycles. The lowest BCUT2D eigenvalue weighted by Gasteiger charge is -2.44. The van der Waals surface area contributed by atoms with Crippen LogP contribution in [0.4, 0.5) is 0 Å². The van der Waals surface area contributed by atoms with Gasteiger partial charge in [0, 0.05) is 10.9 Å². The van der Waals surface area contributed by atoms with E-state index in [9.17, 15) is 0 Å². The summed E-state index contributed by atoms with van der Waals surface area (Å²) in [5.74, 6) is 1.62. The lowest BCUT2D eigenvalue weighted by molar-refractivity contribution is 0.169. The summed E-state index contributed by atoms with van der Waals surface area (Å²) in [4.78, 5) is 1.49. The van der Waals surface area contributed by atoms with Crippen molar-refractivity contribution in [1.82, 2.24) is 5.32 Å². The summed E-state index contributed by atoms with van der Waals surface area (Å²) in [5.41, 5.74) is 1.57. The summed E-state index contributed by atoms with van der Waals surface area (Å²) < 4.78 is 1.28. The summed E-state index contributed by atoms with van der Waals surface area (Å²) in [5, 5.41) is 3.42. The first-order chi connectivity index (χ1) is 7.17. The van der Waals surface area contributed by atoms with E-state index >= 15 is 0 Å². The van der Waals surface area contributed by atoms with Crippen LogP contribution in [0, 0.1) is 12.8 Å². The Morgan fingerprint density at radius 2 is 2.33 bits per heavy atom. The largest absolute Gasteiger partial charge is 0.317 e. The third kappa shape index (κ3) is 2.02. The molecule has 1 aliphatic rings. The molecule has 1 nitrogen and oxygen atoms in total. The number of hydrogen-bond acceptors (Lipinski definition) is 2. The molecule has 0 saturated heterocycles. The minimum absolute atomic E-state index is 0.734. The molecule has 0 spiro atoms. The second-order valence-corrected chi connectivity index (χ2v) is 7.01. The Hall–Kier alpha value is 0.140. The van der Waals surface area contributed by atoms with E-state index in [0.29, 0.717) is 0 Å². The molecule has 15 heavy (non-hydrogen) atoms. The highest BCUT2D eigenvalue weighted by atomic mass is 79.9. The van der Waals surface area contributed by atoms with Gasteiger partial charge in [-0.1, -0.05) is 13.3 Å². The summed E-state index contributed by atoms with van der Waals surface area (Å²) in [7, 11) is 2.08. The molecule has 1 N–H and O–H groups in total. The van der Waals surface area contributed by atoms with E-state index in [2.05, 4.69) is 48.2 Å². The van der Waals surface area contributed by atoms with E-state index < -0.39 is 0 Å². The molecule has 0 aliphatic heterocycles. The summed E-state index contributed by atoms with van der Waals surface area (Å²) in [6.45, 7) is 4.54.